The zero-order valence-corrected chi connectivity index (χ0v) is 10.4. The van der Waals surface area contributed by atoms with E-state index in [1.165, 1.54) is 0 Å². The molecule has 0 aliphatic carbocycles. The molecular formula is C14H15N3O. The quantitative estimate of drug-likeness (QED) is 0.868. The number of hydrogen-bond acceptors (Lipinski definition) is 3. The summed E-state index contributed by atoms with van der Waals surface area (Å²) in [7, 11) is 1.81. The monoisotopic (exact) mass is 241 g/mol. The largest absolute Gasteiger partial charge is 0.387 e. The van der Waals surface area contributed by atoms with Crippen LogP contribution in [0.25, 0.3) is 0 Å². The van der Waals surface area contributed by atoms with E-state index in [0.717, 1.165) is 16.9 Å². The molecule has 0 fully saturated rings. The Morgan fingerprint density at radius 1 is 1.17 bits per heavy atom. The second kappa shape index (κ2) is 5.31. The lowest BCUT2D eigenvalue weighted by Crippen LogP contribution is -2.13. The number of anilines is 2. The highest BCUT2D eigenvalue weighted by Crippen LogP contribution is 2.11. The second-order valence-corrected chi connectivity index (χ2v) is 4.01. The molecule has 0 spiro atoms. The minimum absolute atomic E-state index is 0.205. The fraction of sp³-hybridized carbons (Fsp3) is 0.143. The lowest BCUT2D eigenvalue weighted by atomic mass is 10.2. The maximum Gasteiger partial charge on any atom is 0.274 e. The molecular weight excluding hydrogens is 226 g/mol. The van der Waals surface area contributed by atoms with Gasteiger partial charge in [-0.25, -0.2) is 4.98 Å². The van der Waals surface area contributed by atoms with Crippen molar-refractivity contribution < 1.29 is 4.79 Å². The molecule has 1 aromatic carbocycles. The molecule has 0 unspecified atom stereocenters. The van der Waals surface area contributed by atoms with E-state index >= 15 is 0 Å². The zero-order valence-electron chi connectivity index (χ0n) is 10.4. The van der Waals surface area contributed by atoms with Crippen LogP contribution in [0.5, 0.6) is 0 Å². The third-order valence-corrected chi connectivity index (χ3v) is 2.56. The molecule has 0 saturated heterocycles. The fourth-order valence-corrected chi connectivity index (χ4v) is 1.59. The van der Waals surface area contributed by atoms with Crippen LogP contribution in [0, 0.1) is 6.92 Å². The molecule has 1 aromatic heterocycles. The Hall–Kier alpha value is -2.36. The van der Waals surface area contributed by atoms with E-state index in [2.05, 4.69) is 15.6 Å². The first-order valence-electron chi connectivity index (χ1n) is 5.71. The number of carbonyl (C=O) groups is 1. The highest BCUT2D eigenvalue weighted by molar-refractivity contribution is 6.02. The molecule has 1 heterocycles. The van der Waals surface area contributed by atoms with Crippen molar-refractivity contribution in [3.63, 3.8) is 0 Å². The maximum atomic E-state index is 11.9. The van der Waals surface area contributed by atoms with E-state index in [4.69, 9.17) is 0 Å². The van der Waals surface area contributed by atoms with E-state index in [1.54, 1.807) is 12.3 Å². The smallest absolute Gasteiger partial charge is 0.274 e. The van der Waals surface area contributed by atoms with E-state index in [0.29, 0.717) is 5.69 Å². The van der Waals surface area contributed by atoms with Crippen molar-refractivity contribution in [2.45, 2.75) is 6.92 Å². The normalized spacial score (nSPS) is 9.89. The van der Waals surface area contributed by atoms with Crippen LogP contribution in [-0.2, 0) is 0 Å². The number of amides is 1. The SMILES string of the molecule is CNc1ccc(C(=O)Nc2cccc(C)c2)nc1. The third-order valence-electron chi connectivity index (χ3n) is 2.56. The average Bonchev–Trinajstić information content (AvgIpc) is 2.39. The third kappa shape index (κ3) is 2.85. The van der Waals surface area contributed by atoms with E-state index in [1.807, 2.05) is 44.3 Å². The fourth-order valence-electron chi connectivity index (χ4n) is 1.59. The van der Waals surface area contributed by atoms with Gasteiger partial charge in [-0.2, -0.15) is 0 Å². The standard InChI is InChI=1S/C14H15N3O/c1-10-4-3-5-11(8-10)17-14(18)13-7-6-12(15-2)9-16-13/h3-9,15H,1-2H3,(H,17,18). The number of aromatic nitrogens is 1. The average molecular weight is 241 g/mol. The summed E-state index contributed by atoms with van der Waals surface area (Å²) < 4.78 is 0. The van der Waals surface area contributed by atoms with Gasteiger partial charge in [-0.3, -0.25) is 4.79 Å². The van der Waals surface area contributed by atoms with Crippen LogP contribution < -0.4 is 10.6 Å². The van der Waals surface area contributed by atoms with Crippen LogP contribution in [0.1, 0.15) is 16.1 Å². The molecule has 18 heavy (non-hydrogen) atoms. The Kier molecular flexibility index (Phi) is 3.57. The summed E-state index contributed by atoms with van der Waals surface area (Å²) in [5, 5.41) is 5.77. The molecule has 2 aromatic rings. The number of benzene rings is 1. The molecule has 92 valence electrons. The van der Waals surface area contributed by atoms with Crippen molar-refractivity contribution in [2.75, 3.05) is 17.7 Å². The van der Waals surface area contributed by atoms with Crippen molar-refractivity contribution in [3.05, 3.63) is 53.9 Å². The molecule has 0 saturated carbocycles. The topological polar surface area (TPSA) is 54.0 Å². The lowest BCUT2D eigenvalue weighted by Gasteiger charge is -2.06. The summed E-state index contributed by atoms with van der Waals surface area (Å²) >= 11 is 0. The summed E-state index contributed by atoms with van der Waals surface area (Å²) in [5.41, 5.74) is 3.16. The highest BCUT2D eigenvalue weighted by atomic mass is 16.1. The Morgan fingerprint density at radius 2 is 2.00 bits per heavy atom. The Morgan fingerprint density at radius 3 is 2.61 bits per heavy atom. The molecule has 0 bridgehead atoms. The Labute approximate surface area is 106 Å². The van der Waals surface area contributed by atoms with Crippen molar-refractivity contribution >= 4 is 17.3 Å². The minimum Gasteiger partial charge on any atom is -0.387 e. The summed E-state index contributed by atoms with van der Waals surface area (Å²) in [5.74, 6) is -0.205. The van der Waals surface area contributed by atoms with Gasteiger partial charge in [0.2, 0.25) is 0 Å². The first-order valence-corrected chi connectivity index (χ1v) is 5.71. The summed E-state index contributed by atoms with van der Waals surface area (Å²) in [6.45, 7) is 1.98. The first-order chi connectivity index (χ1) is 8.69. The van der Waals surface area contributed by atoms with Crippen molar-refractivity contribution in [3.8, 4) is 0 Å². The van der Waals surface area contributed by atoms with Crippen molar-refractivity contribution in [1.29, 1.82) is 0 Å². The summed E-state index contributed by atoms with van der Waals surface area (Å²) in [6.07, 6.45) is 1.63. The van der Waals surface area contributed by atoms with Crippen molar-refractivity contribution in [1.82, 2.24) is 4.98 Å². The molecule has 2 N–H and O–H groups in total. The second-order valence-electron chi connectivity index (χ2n) is 4.01. The van der Waals surface area contributed by atoms with E-state index in [9.17, 15) is 4.79 Å². The predicted octanol–water partition coefficient (Wildman–Crippen LogP) is 2.68. The molecule has 2 rings (SSSR count). The van der Waals surface area contributed by atoms with Gasteiger partial charge < -0.3 is 10.6 Å². The van der Waals surface area contributed by atoms with Gasteiger partial charge in [-0.05, 0) is 36.8 Å². The number of pyridine rings is 1. The van der Waals surface area contributed by atoms with Gasteiger partial charge in [0.25, 0.3) is 5.91 Å². The van der Waals surface area contributed by atoms with Gasteiger partial charge in [-0.1, -0.05) is 12.1 Å². The zero-order chi connectivity index (χ0) is 13.0. The van der Waals surface area contributed by atoms with Crippen LogP contribution in [0.3, 0.4) is 0 Å². The van der Waals surface area contributed by atoms with Gasteiger partial charge in [0, 0.05) is 12.7 Å². The molecule has 0 atom stereocenters. The molecule has 0 aliphatic rings. The van der Waals surface area contributed by atoms with Gasteiger partial charge in [0.15, 0.2) is 0 Å². The predicted molar refractivity (Wildman–Crippen MR) is 72.9 cm³/mol. The van der Waals surface area contributed by atoms with Crippen LogP contribution in [0.2, 0.25) is 0 Å². The first kappa shape index (κ1) is 12.1. The van der Waals surface area contributed by atoms with Gasteiger partial charge in [-0.15, -0.1) is 0 Å². The molecule has 4 heteroatoms. The number of carbonyl (C=O) groups excluding carboxylic acids is 1. The number of nitrogens with one attached hydrogen (secondary N) is 2. The molecule has 4 nitrogen and oxygen atoms in total. The summed E-state index contributed by atoms with van der Waals surface area (Å²) in [6, 6.07) is 11.2. The number of nitrogens with zero attached hydrogens (tertiary/aromatic N) is 1. The summed E-state index contributed by atoms with van der Waals surface area (Å²) in [4.78, 5) is 16.0. The minimum atomic E-state index is -0.205. The Balaban J connectivity index is 2.11. The maximum absolute atomic E-state index is 11.9. The molecule has 1 amide bonds. The van der Waals surface area contributed by atoms with Crippen LogP contribution >= 0.6 is 0 Å². The van der Waals surface area contributed by atoms with Gasteiger partial charge in [0.1, 0.15) is 5.69 Å². The van der Waals surface area contributed by atoms with E-state index < -0.39 is 0 Å². The van der Waals surface area contributed by atoms with Gasteiger partial charge >= 0.3 is 0 Å². The molecule has 0 aliphatic heterocycles. The lowest BCUT2D eigenvalue weighted by molar-refractivity contribution is 0.102. The van der Waals surface area contributed by atoms with Crippen LogP contribution in [0.15, 0.2) is 42.6 Å². The van der Waals surface area contributed by atoms with Crippen LogP contribution in [0.4, 0.5) is 11.4 Å². The molecule has 0 radical (unpaired) electrons. The number of aryl methyl sites for hydroxylation is 1. The van der Waals surface area contributed by atoms with E-state index in [-0.39, 0.29) is 5.91 Å². The highest BCUT2D eigenvalue weighted by Gasteiger charge is 2.07. The van der Waals surface area contributed by atoms with Crippen LogP contribution in [-0.4, -0.2) is 17.9 Å². The van der Waals surface area contributed by atoms with Gasteiger partial charge in [0.05, 0.1) is 11.9 Å². The van der Waals surface area contributed by atoms with Crippen molar-refractivity contribution in [2.24, 2.45) is 0 Å². The number of hydrogen-bond donors (Lipinski definition) is 2. The number of rotatable bonds is 3. The Bertz CT molecular complexity index is 549.